The van der Waals surface area contributed by atoms with Crippen LogP contribution in [0.2, 0.25) is 5.15 Å². The Balaban J connectivity index is 1.52. The maximum absolute atomic E-state index is 12.6. The minimum absolute atomic E-state index is 0.239. The van der Waals surface area contributed by atoms with Crippen molar-refractivity contribution in [1.82, 2.24) is 19.9 Å². The van der Waals surface area contributed by atoms with Gasteiger partial charge in [-0.05, 0) is 12.5 Å². The summed E-state index contributed by atoms with van der Waals surface area (Å²) in [5.41, 5.74) is 5.03. The van der Waals surface area contributed by atoms with E-state index in [0.717, 1.165) is 16.8 Å². The molecule has 0 aliphatic carbocycles. The summed E-state index contributed by atoms with van der Waals surface area (Å²) < 4.78 is 5.47. The number of aromatic nitrogens is 3. The van der Waals surface area contributed by atoms with E-state index in [4.69, 9.17) is 16.3 Å². The number of ether oxygens (including phenoxy) is 1. The summed E-state index contributed by atoms with van der Waals surface area (Å²) in [7, 11) is 0. The van der Waals surface area contributed by atoms with Gasteiger partial charge in [0.1, 0.15) is 17.5 Å². The molecule has 4 rings (SSSR count). The van der Waals surface area contributed by atoms with E-state index >= 15 is 0 Å². The number of benzene rings is 1. The zero-order chi connectivity index (χ0) is 18.8. The Kier molecular flexibility index (Phi) is 5.05. The third-order valence-electron chi connectivity index (χ3n) is 4.55. The van der Waals surface area contributed by atoms with E-state index in [9.17, 15) is 4.79 Å². The molecule has 0 bridgehead atoms. The van der Waals surface area contributed by atoms with Crippen LogP contribution in [0.15, 0.2) is 41.2 Å². The predicted octanol–water partition coefficient (Wildman–Crippen LogP) is 4.51. The molecule has 2 aromatic heterocycles. The number of thiazole rings is 1. The average Bonchev–Trinajstić information content (AvgIpc) is 3.21. The van der Waals surface area contributed by atoms with E-state index in [1.165, 1.54) is 11.3 Å². The van der Waals surface area contributed by atoms with Crippen molar-refractivity contribution in [2.24, 2.45) is 0 Å². The average molecular weight is 401 g/mol. The second-order valence-corrected chi connectivity index (χ2v) is 7.31. The SMILES string of the molecule is CC1c2c(Cl)nc(-c3cscn3)nc2CCN1C(=O)OCc1ccccc1. The van der Waals surface area contributed by atoms with Gasteiger partial charge in [0.15, 0.2) is 5.82 Å². The lowest BCUT2D eigenvalue weighted by atomic mass is 10.00. The fourth-order valence-electron chi connectivity index (χ4n) is 3.15. The first kappa shape index (κ1) is 17.9. The first-order valence-electron chi connectivity index (χ1n) is 8.55. The smallest absolute Gasteiger partial charge is 0.410 e. The number of nitrogens with zero attached hydrogens (tertiary/aromatic N) is 4. The number of fused-ring (bicyclic) bond motifs is 1. The fourth-order valence-corrected chi connectivity index (χ4v) is 4.03. The molecule has 6 nitrogen and oxygen atoms in total. The van der Waals surface area contributed by atoms with Crippen molar-refractivity contribution in [3.05, 3.63) is 63.2 Å². The van der Waals surface area contributed by atoms with E-state index in [-0.39, 0.29) is 18.7 Å². The van der Waals surface area contributed by atoms with Gasteiger partial charge in [-0.15, -0.1) is 11.3 Å². The van der Waals surface area contributed by atoms with Gasteiger partial charge in [-0.25, -0.2) is 19.7 Å². The molecular weight excluding hydrogens is 384 g/mol. The van der Waals surface area contributed by atoms with Crippen molar-refractivity contribution >= 4 is 29.0 Å². The van der Waals surface area contributed by atoms with E-state index in [1.807, 2.05) is 42.6 Å². The van der Waals surface area contributed by atoms with Crippen LogP contribution in [0.4, 0.5) is 4.79 Å². The van der Waals surface area contributed by atoms with E-state index < -0.39 is 0 Å². The van der Waals surface area contributed by atoms with Crippen molar-refractivity contribution in [3.8, 4) is 11.5 Å². The molecule has 1 aliphatic heterocycles. The van der Waals surface area contributed by atoms with Gasteiger partial charge in [0, 0.05) is 23.9 Å². The molecule has 1 aromatic carbocycles. The Bertz CT molecular complexity index is 950. The molecule has 1 atom stereocenters. The lowest BCUT2D eigenvalue weighted by Crippen LogP contribution is -2.40. The van der Waals surface area contributed by atoms with Gasteiger partial charge >= 0.3 is 6.09 Å². The Hall–Kier alpha value is -2.51. The van der Waals surface area contributed by atoms with E-state index in [1.54, 1.807) is 10.4 Å². The van der Waals surface area contributed by atoms with Crippen molar-refractivity contribution in [2.75, 3.05) is 6.54 Å². The first-order valence-corrected chi connectivity index (χ1v) is 9.87. The number of hydrogen-bond donors (Lipinski definition) is 0. The van der Waals surface area contributed by atoms with Crippen molar-refractivity contribution in [1.29, 1.82) is 0 Å². The number of rotatable bonds is 3. The van der Waals surface area contributed by atoms with Gasteiger partial charge in [-0.1, -0.05) is 41.9 Å². The number of amides is 1. The summed E-state index contributed by atoms with van der Waals surface area (Å²) in [5, 5.41) is 2.24. The molecule has 0 N–H and O–H groups in total. The lowest BCUT2D eigenvalue weighted by molar-refractivity contribution is 0.0799. The van der Waals surface area contributed by atoms with Gasteiger partial charge in [0.2, 0.25) is 0 Å². The number of carbonyl (C=O) groups excluding carboxylic acids is 1. The molecule has 0 saturated carbocycles. The van der Waals surface area contributed by atoms with Crippen LogP contribution in [-0.2, 0) is 17.8 Å². The largest absolute Gasteiger partial charge is 0.445 e. The summed E-state index contributed by atoms with van der Waals surface area (Å²) in [5.74, 6) is 0.521. The van der Waals surface area contributed by atoms with Gasteiger partial charge in [0.05, 0.1) is 17.2 Å². The van der Waals surface area contributed by atoms with Crippen LogP contribution in [0.5, 0.6) is 0 Å². The van der Waals surface area contributed by atoms with Crippen molar-refractivity contribution in [3.63, 3.8) is 0 Å². The van der Waals surface area contributed by atoms with Gasteiger partial charge in [0.25, 0.3) is 0 Å². The summed E-state index contributed by atoms with van der Waals surface area (Å²) in [6.45, 7) is 2.67. The maximum Gasteiger partial charge on any atom is 0.410 e. The van der Waals surface area contributed by atoms with Crippen LogP contribution in [0.25, 0.3) is 11.5 Å². The Morgan fingerprint density at radius 2 is 2.15 bits per heavy atom. The number of carbonyl (C=O) groups is 1. The summed E-state index contributed by atoms with van der Waals surface area (Å²) in [6.07, 6.45) is 0.232. The van der Waals surface area contributed by atoms with Crippen LogP contribution in [0.1, 0.15) is 29.8 Å². The standard InChI is InChI=1S/C19H17ClN4O2S/c1-12-16-14(22-18(23-17(16)20)15-10-27-11-21-15)7-8-24(12)19(25)26-9-13-5-3-2-4-6-13/h2-6,10-12H,7-9H2,1H3. The topological polar surface area (TPSA) is 68.2 Å². The second-order valence-electron chi connectivity index (χ2n) is 6.23. The highest BCUT2D eigenvalue weighted by Crippen LogP contribution is 2.34. The van der Waals surface area contributed by atoms with Gasteiger partial charge in [-0.2, -0.15) is 0 Å². The Labute approximate surface area is 165 Å². The normalized spacial score (nSPS) is 16.1. The van der Waals surface area contributed by atoms with E-state index in [2.05, 4.69) is 15.0 Å². The summed E-state index contributed by atoms with van der Waals surface area (Å²) in [4.78, 5) is 27.5. The number of halogens is 1. The molecule has 1 aliphatic rings. The molecule has 0 spiro atoms. The van der Waals surface area contributed by atoms with Crippen LogP contribution >= 0.6 is 22.9 Å². The minimum Gasteiger partial charge on any atom is -0.445 e. The molecule has 27 heavy (non-hydrogen) atoms. The molecule has 1 unspecified atom stereocenters. The van der Waals surface area contributed by atoms with Crippen molar-refractivity contribution < 1.29 is 9.53 Å². The minimum atomic E-state index is -0.364. The number of hydrogen-bond acceptors (Lipinski definition) is 6. The fraction of sp³-hybridized carbons (Fsp3) is 0.263. The van der Waals surface area contributed by atoms with Crippen LogP contribution in [0.3, 0.4) is 0 Å². The highest BCUT2D eigenvalue weighted by Gasteiger charge is 2.32. The van der Waals surface area contributed by atoms with Crippen molar-refractivity contribution in [2.45, 2.75) is 26.0 Å². The molecule has 0 saturated heterocycles. The zero-order valence-electron chi connectivity index (χ0n) is 14.6. The van der Waals surface area contributed by atoms with Crippen LogP contribution in [-0.4, -0.2) is 32.5 Å². The summed E-state index contributed by atoms with van der Waals surface area (Å²) >= 11 is 7.93. The Morgan fingerprint density at radius 3 is 2.89 bits per heavy atom. The molecule has 1 amide bonds. The highest BCUT2D eigenvalue weighted by atomic mass is 35.5. The molecule has 8 heteroatoms. The molecule has 138 valence electrons. The monoisotopic (exact) mass is 400 g/mol. The maximum atomic E-state index is 12.6. The second kappa shape index (κ2) is 7.62. The molecule has 0 radical (unpaired) electrons. The molecular formula is C19H17ClN4O2S. The highest BCUT2D eigenvalue weighted by molar-refractivity contribution is 7.07. The quantitative estimate of drug-likeness (QED) is 0.605. The lowest BCUT2D eigenvalue weighted by Gasteiger charge is -2.34. The first-order chi connectivity index (χ1) is 13.1. The van der Waals surface area contributed by atoms with E-state index in [0.29, 0.717) is 29.6 Å². The zero-order valence-corrected chi connectivity index (χ0v) is 16.2. The third kappa shape index (κ3) is 3.65. The Morgan fingerprint density at radius 1 is 1.33 bits per heavy atom. The predicted molar refractivity (Wildman–Crippen MR) is 104 cm³/mol. The third-order valence-corrected chi connectivity index (χ3v) is 5.43. The summed E-state index contributed by atoms with van der Waals surface area (Å²) in [6, 6.07) is 9.35. The van der Waals surface area contributed by atoms with Gasteiger partial charge in [-0.3, -0.25) is 0 Å². The van der Waals surface area contributed by atoms with Crippen LogP contribution in [0, 0.1) is 0 Å². The molecule has 3 aromatic rings. The molecule has 0 fully saturated rings. The van der Waals surface area contributed by atoms with Gasteiger partial charge < -0.3 is 9.64 Å². The molecule has 3 heterocycles. The van der Waals surface area contributed by atoms with Crippen LogP contribution < -0.4 is 0 Å².